The van der Waals surface area contributed by atoms with Crippen LogP contribution in [0.3, 0.4) is 0 Å². The molecule has 1 atom stereocenters. The summed E-state index contributed by atoms with van der Waals surface area (Å²) in [6.45, 7) is 8.63. The number of benzene rings is 1. The van der Waals surface area contributed by atoms with Gasteiger partial charge >= 0.3 is 0 Å². The topological polar surface area (TPSA) is 83.0 Å². The van der Waals surface area contributed by atoms with E-state index in [-0.39, 0.29) is 11.5 Å². The molecule has 2 aromatic rings. The Balaban J connectivity index is 1.50. The summed E-state index contributed by atoms with van der Waals surface area (Å²) in [5, 5.41) is 10.4. The van der Waals surface area contributed by atoms with Gasteiger partial charge in [0.05, 0.1) is 0 Å². The Bertz CT molecular complexity index is 926. The Morgan fingerprint density at radius 1 is 1.10 bits per heavy atom. The second-order valence-corrected chi connectivity index (χ2v) is 9.45. The highest BCUT2D eigenvalue weighted by atomic mass is 32.2. The third kappa shape index (κ3) is 5.14. The highest BCUT2D eigenvalue weighted by Crippen LogP contribution is 2.26. The van der Waals surface area contributed by atoms with E-state index in [1.54, 1.807) is 18.3 Å². The molecule has 1 aromatic carbocycles. The van der Waals surface area contributed by atoms with Gasteiger partial charge in [-0.05, 0) is 49.6 Å². The minimum absolute atomic E-state index is 0.208. The van der Waals surface area contributed by atoms with Crippen molar-refractivity contribution >= 4 is 10.0 Å². The fraction of sp³-hybridized carbons (Fsp3) is 0.476. The van der Waals surface area contributed by atoms with Gasteiger partial charge in [0.15, 0.2) is 0 Å². The van der Waals surface area contributed by atoms with Crippen LogP contribution in [0.2, 0.25) is 0 Å². The predicted molar refractivity (Wildman–Crippen MR) is 112 cm³/mol. The molecule has 0 radical (unpaired) electrons. The van der Waals surface area contributed by atoms with Crippen molar-refractivity contribution in [3.8, 4) is 5.75 Å². The molecule has 3 rings (SSSR count). The van der Waals surface area contributed by atoms with Crippen LogP contribution in [0.5, 0.6) is 5.75 Å². The number of pyridine rings is 1. The molecule has 0 bridgehead atoms. The molecule has 1 saturated heterocycles. The van der Waals surface area contributed by atoms with Crippen molar-refractivity contribution in [2.45, 2.75) is 31.8 Å². The summed E-state index contributed by atoms with van der Waals surface area (Å²) in [6.07, 6.45) is 2.29. The van der Waals surface area contributed by atoms with Gasteiger partial charge in [-0.2, -0.15) is 4.31 Å². The number of aryl methyl sites for hydroxylation is 2. The zero-order chi connectivity index (χ0) is 21.0. The highest BCUT2D eigenvalue weighted by Gasteiger charge is 2.29. The van der Waals surface area contributed by atoms with Crippen molar-refractivity contribution in [3.05, 3.63) is 53.3 Å². The normalized spacial score (nSPS) is 17.2. The van der Waals surface area contributed by atoms with E-state index in [4.69, 9.17) is 4.74 Å². The number of hydrogen-bond donors (Lipinski definition) is 1. The number of aromatic nitrogens is 1. The SMILES string of the molecule is Cc1ccc(C)c(OCC(O)CN2CCN(S(=O)(=O)c3cccnc3)CC2)c1C. The van der Waals surface area contributed by atoms with Crippen LogP contribution >= 0.6 is 0 Å². The minimum atomic E-state index is -3.52. The molecule has 7 nitrogen and oxygen atoms in total. The molecular formula is C21H29N3O4S. The first-order valence-corrected chi connectivity index (χ1v) is 11.2. The quantitative estimate of drug-likeness (QED) is 0.736. The second kappa shape index (κ2) is 9.21. The van der Waals surface area contributed by atoms with Crippen molar-refractivity contribution in [2.75, 3.05) is 39.3 Å². The predicted octanol–water partition coefficient (Wildman–Crippen LogP) is 1.75. The average Bonchev–Trinajstić information content (AvgIpc) is 2.72. The van der Waals surface area contributed by atoms with Gasteiger partial charge in [-0.15, -0.1) is 0 Å². The van der Waals surface area contributed by atoms with Crippen LogP contribution in [0.15, 0.2) is 41.6 Å². The first-order valence-electron chi connectivity index (χ1n) is 9.79. The number of ether oxygens (including phenoxy) is 1. The van der Waals surface area contributed by atoms with E-state index >= 15 is 0 Å². The van der Waals surface area contributed by atoms with Crippen LogP contribution < -0.4 is 4.74 Å². The van der Waals surface area contributed by atoms with E-state index in [1.165, 1.54) is 10.5 Å². The van der Waals surface area contributed by atoms with Gasteiger partial charge in [-0.1, -0.05) is 12.1 Å². The van der Waals surface area contributed by atoms with Crippen molar-refractivity contribution in [2.24, 2.45) is 0 Å². The Kier molecular flexibility index (Phi) is 6.89. The molecule has 0 saturated carbocycles. The first-order chi connectivity index (χ1) is 13.8. The summed E-state index contributed by atoms with van der Waals surface area (Å²) in [5.41, 5.74) is 3.30. The molecule has 0 spiro atoms. The maximum Gasteiger partial charge on any atom is 0.244 e. The fourth-order valence-corrected chi connectivity index (χ4v) is 4.87. The number of nitrogens with zero attached hydrogens (tertiary/aromatic N) is 3. The summed E-state index contributed by atoms with van der Waals surface area (Å²) in [5.74, 6) is 0.830. The van der Waals surface area contributed by atoms with Crippen LogP contribution in [-0.4, -0.2) is 73.1 Å². The molecule has 8 heteroatoms. The van der Waals surface area contributed by atoms with Gasteiger partial charge in [0.25, 0.3) is 0 Å². The molecule has 1 aliphatic heterocycles. The molecule has 1 N–H and O–H groups in total. The number of β-amino-alcohol motifs (C(OH)–C–C–N with tert-alkyl or cyclic N) is 1. The Morgan fingerprint density at radius 3 is 2.45 bits per heavy atom. The maximum atomic E-state index is 12.7. The summed E-state index contributed by atoms with van der Waals surface area (Å²) >= 11 is 0. The summed E-state index contributed by atoms with van der Waals surface area (Å²) in [6, 6.07) is 7.27. The van der Waals surface area contributed by atoms with Gasteiger partial charge < -0.3 is 9.84 Å². The molecule has 1 aliphatic rings. The van der Waals surface area contributed by atoms with Gasteiger partial charge in [0.1, 0.15) is 23.4 Å². The van der Waals surface area contributed by atoms with E-state index in [1.807, 2.05) is 26.8 Å². The van der Waals surface area contributed by atoms with E-state index in [2.05, 4.69) is 16.0 Å². The Morgan fingerprint density at radius 2 is 1.79 bits per heavy atom. The van der Waals surface area contributed by atoms with E-state index in [9.17, 15) is 13.5 Å². The molecule has 1 unspecified atom stereocenters. The standard InChI is InChI=1S/C21H29N3O4S/c1-16-6-7-17(2)21(18(16)3)28-15-19(25)14-23-9-11-24(12-10-23)29(26,27)20-5-4-8-22-13-20/h4-8,13,19,25H,9-12,14-15H2,1-3H3. The number of piperazine rings is 1. The lowest BCUT2D eigenvalue weighted by molar-refractivity contribution is 0.0565. The Hall–Kier alpha value is -2.00. The lowest BCUT2D eigenvalue weighted by atomic mass is 10.1. The molecular weight excluding hydrogens is 390 g/mol. The highest BCUT2D eigenvalue weighted by molar-refractivity contribution is 7.89. The van der Waals surface area contributed by atoms with Crippen LogP contribution in [0.25, 0.3) is 0 Å². The lowest BCUT2D eigenvalue weighted by Gasteiger charge is -2.34. The smallest absolute Gasteiger partial charge is 0.244 e. The Labute approximate surface area is 173 Å². The fourth-order valence-electron chi connectivity index (χ4n) is 3.48. The minimum Gasteiger partial charge on any atom is -0.490 e. The summed E-state index contributed by atoms with van der Waals surface area (Å²) in [7, 11) is -3.52. The van der Waals surface area contributed by atoms with Crippen molar-refractivity contribution in [3.63, 3.8) is 0 Å². The van der Waals surface area contributed by atoms with Crippen LogP contribution in [0.1, 0.15) is 16.7 Å². The largest absolute Gasteiger partial charge is 0.490 e. The number of rotatable bonds is 7. The molecule has 1 aromatic heterocycles. The van der Waals surface area contributed by atoms with E-state index in [0.29, 0.717) is 32.7 Å². The van der Waals surface area contributed by atoms with Crippen molar-refractivity contribution in [1.82, 2.24) is 14.2 Å². The van der Waals surface area contributed by atoms with Gasteiger partial charge in [0.2, 0.25) is 10.0 Å². The van der Waals surface area contributed by atoms with Gasteiger partial charge in [-0.3, -0.25) is 9.88 Å². The van der Waals surface area contributed by atoms with Gasteiger partial charge in [0, 0.05) is 45.1 Å². The van der Waals surface area contributed by atoms with Gasteiger partial charge in [-0.25, -0.2) is 8.42 Å². The first kappa shape index (κ1) is 21.7. The molecule has 29 heavy (non-hydrogen) atoms. The molecule has 158 valence electrons. The van der Waals surface area contributed by atoms with Crippen molar-refractivity contribution in [1.29, 1.82) is 0 Å². The second-order valence-electron chi connectivity index (χ2n) is 7.51. The van der Waals surface area contributed by atoms with Crippen molar-refractivity contribution < 1.29 is 18.3 Å². The average molecular weight is 420 g/mol. The van der Waals surface area contributed by atoms with E-state index < -0.39 is 16.1 Å². The molecule has 0 aliphatic carbocycles. The number of hydrogen-bond acceptors (Lipinski definition) is 6. The van der Waals surface area contributed by atoms with Crippen LogP contribution in [-0.2, 0) is 10.0 Å². The third-order valence-electron chi connectivity index (χ3n) is 5.37. The summed E-state index contributed by atoms with van der Waals surface area (Å²) in [4.78, 5) is 6.18. The number of sulfonamides is 1. The zero-order valence-electron chi connectivity index (χ0n) is 17.2. The van der Waals surface area contributed by atoms with Crippen LogP contribution in [0.4, 0.5) is 0 Å². The lowest BCUT2D eigenvalue weighted by Crippen LogP contribution is -2.50. The van der Waals surface area contributed by atoms with Crippen LogP contribution in [0, 0.1) is 20.8 Å². The molecule has 2 heterocycles. The molecule has 1 fully saturated rings. The third-order valence-corrected chi connectivity index (χ3v) is 7.25. The van der Waals surface area contributed by atoms with E-state index in [0.717, 1.165) is 22.4 Å². The number of aliphatic hydroxyl groups is 1. The maximum absolute atomic E-state index is 12.7. The zero-order valence-corrected chi connectivity index (χ0v) is 18.0. The summed E-state index contributed by atoms with van der Waals surface area (Å²) < 4.78 is 32.7. The monoisotopic (exact) mass is 419 g/mol. The molecule has 0 amide bonds. The number of aliphatic hydroxyl groups excluding tert-OH is 1.